The van der Waals surface area contributed by atoms with Gasteiger partial charge in [0.05, 0.1) is 11.6 Å². The molecule has 2 heterocycles. The Morgan fingerprint density at radius 2 is 2.00 bits per heavy atom. The number of nitrogens with zero attached hydrogens (tertiary/aromatic N) is 3. The van der Waals surface area contributed by atoms with Crippen molar-refractivity contribution in [3.8, 4) is 0 Å². The summed E-state index contributed by atoms with van der Waals surface area (Å²) in [5, 5.41) is 0.554. The summed E-state index contributed by atoms with van der Waals surface area (Å²) in [4.78, 5) is 31.6. The summed E-state index contributed by atoms with van der Waals surface area (Å²) < 4.78 is 1.82. The first kappa shape index (κ1) is 16.9. The van der Waals surface area contributed by atoms with Gasteiger partial charge in [0.2, 0.25) is 5.43 Å². The van der Waals surface area contributed by atoms with Gasteiger partial charge in [-0.15, -0.1) is 0 Å². The molecule has 1 atom stereocenters. The van der Waals surface area contributed by atoms with Crippen molar-refractivity contribution in [2.45, 2.75) is 19.4 Å². The SMILES string of the molecule is CC[C@@H](c1cccnc1)N(C)C(=O)c1cn(C)c2ccccc2c1=O. The van der Waals surface area contributed by atoms with Crippen molar-refractivity contribution in [3.63, 3.8) is 0 Å². The minimum atomic E-state index is -0.276. The van der Waals surface area contributed by atoms with Crippen molar-refractivity contribution >= 4 is 16.8 Å². The number of para-hydroxylation sites is 1. The molecule has 128 valence electrons. The van der Waals surface area contributed by atoms with Gasteiger partial charge in [0.1, 0.15) is 5.56 Å². The Kier molecular flexibility index (Phi) is 4.65. The van der Waals surface area contributed by atoms with E-state index in [2.05, 4.69) is 4.98 Å². The molecule has 25 heavy (non-hydrogen) atoms. The molecule has 0 N–H and O–H groups in total. The Morgan fingerprint density at radius 1 is 1.24 bits per heavy atom. The highest BCUT2D eigenvalue weighted by atomic mass is 16.2. The van der Waals surface area contributed by atoms with Crippen LogP contribution in [0.15, 0.2) is 59.8 Å². The fraction of sp³-hybridized carbons (Fsp3) is 0.250. The molecular weight excluding hydrogens is 314 g/mol. The molecule has 5 nitrogen and oxygen atoms in total. The lowest BCUT2D eigenvalue weighted by Crippen LogP contribution is -2.34. The number of carbonyl (C=O) groups excluding carboxylic acids is 1. The highest BCUT2D eigenvalue weighted by Crippen LogP contribution is 2.23. The van der Waals surface area contributed by atoms with Gasteiger partial charge in [-0.25, -0.2) is 0 Å². The molecule has 3 aromatic rings. The molecule has 0 saturated carbocycles. The number of aromatic nitrogens is 2. The molecule has 1 aromatic carbocycles. The molecule has 2 aromatic heterocycles. The zero-order chi connectivity index (χ0) is 18.0. The largest absolute Gasteiger partial charge is 0.350 e. The van der Waals surface area contributed by atoms with Gasteiger partial charge in [-0.05, 0) is 30.2 Å². The third-order valence-corrected chi connectivity index (χ3v) is 4.57. The lowest BCUT2D eigenvalue weighted by molar-refractivity contribution is 0.0724. The van der Waals surface area contributed by atoms with Crippen molar-refractivity contribution in [3.05, 3.63) is 76.3 Å². The first-order valence-electron chi connectivity index (χ1n) is 8.30. The lowest BCUT2D eigenvalue weighted by Gasteiger charge is -2.27. The molecule has 0 aliphatic carbocycles. The van der Waals surface area contributed by atoms with E-state index >= 15 is 0 Å². The second kappa shape index (κ2) is 6.89. The Morgan fingerprint density at radius 3 is 2.68 bits per heavy atom. The molecule has 0 saturated heterocycles. The Balaban J connectivity index is 2.04. The van der Waals surface area contributed by atoms with E-state index in [9.17, 15) is 9.59 Å². The van der Waals surface area contributed by atoms with E-state index in [1.807, 2.05) is 48.9 Å². The number of hydrogen-bond donors (Lipinski definition) is 0. The van der Waals surface area contributed by atoms with Crippen molar-refractivity contribution < 1.29 is 4.79 Å². The van der Waals surface area contributed by atoms with Crippen LogP contribution in [0, 0.1) is 0 Å². The molecule has 0 bridgehead atoms. The summed E-state index contributed by atoms with van der Waals surface area (Å²) in [7, 11) is 3.58. The lowest BCUT2D eigenvalue weighted by atomic mass is 10.0. The molecule has 1 amide bonds. The van der Waals surface area contributed by atoms with Gasteiger partial charge in [-0.1, -0.05) is 25.1 Å². The number of amides is 1. The highest BCUT2D eigenvalue weighted by Gasteiger charge is 2.24. The number of rotatable bonds is 4. The Hall–Kier alpha value is -2.95. The first-order chi connectivity index (χ1) is 12.0. The maximum absolute atomic E-state index is 13.0. The van der Waals surface area contributed by atoms with Gasteiger partial charge in [-0.3, -0.25) is 14.6 Å². The summed E-state index contributed by atoms with van der Waals surface area (Å²) >= 11 is 0. The third-order valence-electron chi connectivity index (χ3n) is 4.57. The van der Waals surface area contributed by atoms with E-state index in [0.29, 0.717) is 5.39 Å². The van der Waals surface area contributed by atoms with Gasteiger partial charge in [0.15, 0.2) is 0 Å². The maximum atomic E-state index is 13.0. The fourth-order valence-electron chi connectivity index (χ4n) is 3.23. The minimum Gasteiger partial charge on any atom is -0.350 e. The third kappa shape index (κ3) is 3.05. The van der Waals surface area contributed by atoms with Crippen molar-refractivity contribution in [2.24, 2.45) is 7.05 Å². The second-order valence-corrected chi connectivity index (χ2v) is 6.13. The summed E-state index contributed by atoms with van der Waals surface area (Å²) in [5.74, 6) is -0.276. The molecule has 0 aliphatic heterocycles. The van der Waals surface area contributed by atoms with Crippen LogP contribution in [0.1, 0.15) is 35.3 Å². The van der Waals surface area contributed by atoms with Crippen LogP contribution >= 0.6 is 0 Å². The predicted octanol–water partition coefficient (Wildman–Crippen LogP) is 3.16. The van der Waals surface area contributed by atoms with Crippen LogP contribution in [0.3, 0.4) is 0 Å². The molecular formula is C20H21N3O2. The summed E-state index contributed by atoms with van der Waals surface area (Å²) in [6.07, 6.45) is 5.83. The van der Waals surface area contributed by atoms with E-state index in [-0.39, 0.29) is 22.9 Å². The summed E-state index contributed by atoms with van der Waals surface area (Å²) in [5.41, 5.74) is 1.72. The van der Waals surface area contributed by atoms with Gasteiger partial charge in [-0.2, -0.15) is 0 Å². The van der Waals surface area contributed by atoms with Gasteiger partial charge in [0, 0.05) is 38.1 Å². The van der Waals surface area contributed by atoms with Crippen LogP contribution < -0.4 is 5.43 Å². The van der Waals surface area contributed by atoms with Crippen molar-refractivity contribution in [1.82, 2.24) is 14.5 Å². The summed E-state index contributed by atoms with van der Waals surface area (Å²) in [6, 6.07) is 11.0. The number of carbonyl (C=O) groups is 1. The Labute approximate surface area is 146 Å². The van der Waals surface area contributed by atoms with E-state index in [1.165, 1.54) is 0 Å². The highest BCUT2D eigenvalue weighted by molar-refractivity contribution is 5.97. The smallest absolute Gasteiger partial charge is 0.259 e. The number of pyridine rings is 2. The van der Waals surface area contributed by atoms with Crippen molar-refractivity contribution in [1.29, 1.82) is 0 Å². The minimum absolute atomic E-state index is 0.127. The molecule has 0 unspecified atom stereocenters. The molecule has 0 fully saturated rings. The van der Waals surface area contributed by atoms with Crippen LogP contribution in [0.5, 0.6) is 0 Å². The summed E-state index contributed by atoms with van der Waals surface area (Å²) in [6.45, 7) is 2.01. The number of hydrogen-bond acceptors (Lipinski definition) is 3. The number of fused-ring (bicyclic) bond motifs is 1. The fourth-order valence-corrected chi connectivity index (χ4v) is 3.23. The van der Waals surface area contributed by atoms with Crippen LogP contribution in [-0.4, -0.2) is 27.4 Å². The van der Waals surface area contributed by atoms with Crippen molar-refractivity contribution in [2.75, 3.05) is 7.05 Å². The molecule has 5 heteroatoms. The standard InChI is InChI=1S/C20H21N3O2/c1-4-17(14-8-7-11-21-12-14)23(3)20(25)16-13-22(2)18-10-6-5-9-15(18)19(16)24/h5-13,17H,4H2,1-3H3/t17-/m0/s1. The van der Waals surface area contributed by atoms with Gasteiger partial charge >= 0.3 is 0 Å². The van der Waals surface area contributed by atoms with Gasteiger partial charge < -0.3 is 9.47 Å². The average Bonchev–Trinajstić information content (AvgIpc) is 2.65. The monoisotopic (exact) mass is 335 g/mol. The van der Waals surface area contributed by atoms with Crippen LogP contribution in [0.2, 0.25) is 0 Å². The quantitative estimate of drug-likeness (QED) is 0.736. The molecule has 0 radical (unpaired) electrons. The van der Waals surface area contributed by atoms with E-state index in [1.54, 1.807) is 36.6 Å². The molecule has 0 spiro atoms. The number of aryl methyl sites for hydroxylation is 1. The maximum Gasteiger partial charge on any atom is 0.259 e. The zero-order valence-corrected chi connectivity index (χ0v) is 14.6. The first-order valence-corrected chi connectivity index (χ1v) is 8.30. The predicted molar refractivity (Wildman–Crippen MR) is 98.6 cm³/mol. The van der Waals surface area contributed by atoms with E-state index in [4.69, 9.17) is 0 Å². The van der Waals surface area contributed by atoms with E-state index < -0.39 is 0 Å². The zero-order valence-electron chi connectivity index (χ0n) is 14.6. The second-order valence-electron chi connectivity index (χ2n) is 6.13. The number of benzene rings is 1. The van der Waals surface area contributed by atoms with Crippen LogP contribution in [0.25, 0.3) is 10.9 Å². The van der Waals surface area contributed by atoms with Crippen LogP contribution in [-0.2, 0) is 7.05 Å². The van der Waals surface area contributed by atoms with Crippen LogP contribution in [0.4, 0.5) is 0 Å². The topological polar surface area (TPSA) is 55.2 Å². The average molecular weight is 335 g/mol. The normalized spacial score (nSPS) is 12.1. The Bertz CT molecular complexity index is 964. The molecule has 0 aliphatic rings. The van der Waals surface area contributed by atoms with E-state index in [0.717, 1.165) is 17.5 Å². The molecule has 3 rings (SSSR count). The van der Waals surface area contributed by atoms with Gasteiger partial charge in [0.25, 0.3) is 5.91 Å².